The Balaban J connectivity index is 2.30. The Bertz CT molecular complexity index is 197. The molecule has 1 aliphatic heterocycles. The predicted octanol–water partition coefficient (Wildman–Crippen LogP) is 0.527. The zero-order valence-corrected chi connectivity index (χ0v) is 9.71. The molecule has 0 aromatic carbocycles. The minimum Gasteiger partial charge on any atom is -0.384 e. The van der Waals surface area contributed by atoms with Crippen LogP contribution < -0.4 is 10.6 Å². The number of rotatable bonds is 5. The summed E-state index contributed by atoms with van der Waals surface area (Å²) >= 11 is 0. The molecular weight excluding hydrogens is 192 g/mol. The summed E-state index contributed by atoms with van der Waals surface area (Å²) in [6, 6.07) is 0.299. The lowest BCUT2D eigenvalue weighted by Crippen LogP contribution is -2.51. The summed E-state index contributed by atoms with van der Waals surface area (Å²) < 4.78 is 4.88. The average molecular weight is 214 g/mol. The molecule has 1 saturated heterocycles. The first-order chi connectivity index (χ1) is 7.27. The van der Waals surface area contributed by atoms with Gasteiger partial charge in [0.05, 0.1) is 6.61 Å². The fourth-order valence-corrected chi connectivity index (χ4v) is 2.04. The van der Waals surface area contributed by atoms with Crippen molar-refractivity contribution >= 4 is 5.91 Å². The molecular formula is C11H22N2O2. The molecule has 0 radical (unpaired) electrons. The van der Waals surface area contributed by atoms with Crippen molar-refractivity contribution in [2.75, 3.05) is 26.8 Å². The Morgan fingerprint density at radius 1 is 1.60 bits per heavy atom. The number of carbonyl (C=O) groups is 1. The molecule has 4 heteroatoms. The van der Waals surface area contributed by atoms with Crippen LogP contribution in [0.1, 0.15) is 26.2 Å². The lowest BCUT2D eigenvalue weighted by atomic mass is 9.90. The van der Waals surface area contributed by atoms with Crippen LogP contribution in [-0.2, 0) is 9.53 Å². The van der Waals surface area contributed by atoms with E-state index in [-0.39, 0.29) is 5.91 Å². The van der Waals surface area contributed by atoms with E-state index in [9.17, 15) is 4.79 Å². The van der Waals surface area contributed by atoms with Crippen LogP contribution in [0.25, 0.3) is 0 Å². The standard InChI is InChI=1S/C11H22N2O2/c1-3-9-4-6-12-8-10(9)13-11(14)5-7-15-2/h9-10,12H,3-8H2,1-2H3,(H,13,14). The summed E-state index contributed by atoms with van der Waals surface area (Å²) in [4.78, 5) is 11.5. The number of methoxy groups -OCH3 is 1. The highest BCUT2D eigenvalue weighted by Crippen LogP contribution is 2.16. The molecule has 2 atom stereocenters. The number of piperidine rings is 1. The first-order valence-electron chi connectivity index (χ1n) is 5.77. The fraction of sp³-hybridized carbons (Fsp3) is 0.909. The van der Waals surface area contributed by atoms with Gasteiger partial charge in [0.2, 0.25) is 5.91 Å². The summed E-state index contributed by atoms with van der Waals surface area (Å²) in [7, 11) is 1.62. The normalized spacial score (nSPS) is 26.3. The van der Waals surface area contributed by atoms with E-state index in [2.05, 4.69) is 17.6 Å². The number of amides is 1. The van der Waals surface area contributed by atoms with Crippen molar-refractivity contribution < 1.29 is 9.53 Å². The Labute approximate surface area is 91.8 Å². The lowest BCUT2D eigenvalue weighted by Gasteiger charge is -2.32. The zero-order valence-electron chi connectivity index (χ0n) is 9.71. The molecule has 1 fully saturated rings. The quantitative estimate of drug-likeness (QED) is 0.702. The number of hydrogen-bond donors (Lipinski definition) is 2. The summed E-state index contributed by atoms with van der Waals surface area (Å²) in [5.41, 5.74) is 0. The highest BCUT2D eigenvalue weighted by molar-refractivity contribution is 5.76. The number of hydrogen-bond acceptors (Lipinski definition) is 3. The van der Waals surface area contributed by atoms with Gasteiger partial charge in [-0.25, -0.2) is 0 Å². The van der Waals surface area contributed by atoms with Gasteiger partial charge in [0.25, 0.3) is 0 Å². The minimum atomic E-state index is 0.101. The molecule has 0 aromatic heterocycles. The van der Waals surface area contributed by atoms with E-state index in [0.717, 1.165) is 25.9 Å². The van der Waals surface area contributed by atoms with Crippen LogP contribution in [0, 0.1) is 5.92 Å². The lowest BCUT2D eigenvalue weighted by molar-refractivity contribution is -0.123. The smallest absolute Gasteiger partial charge is 0.222 e. The molecule has 0 aromatic rings. The predicted molar refractivity (Wildman–Crippen MR) is 59.7 cm³/mol. The summed E-state index contributed by atoms with van der Waals surface area (Å²) in [6.07, 6.45) is 2.76. The molecule has 1 amide bonds. The van der Waals surface area contributed by atoms with Crippen LogP contribution in [0.2, 0.25) is 0 Å². The van der Waals surface area contributed by atoms with Crippen molar-refractivity contribution in [3.05, 3.63) is 0 Å². The van der Waals surface area contributed by atoms with Gasteiger partial charge < -0.3 is 15.4 Å². The van der Waals surface area contributed by atoms with Gasteiger partial charge in [-0.2, -0.15) is 0 Å². The maximum absolute atomic E-state index is 11.5. The van der Waals surface area contributed by atoms with Crippen molar-refractivity contribution in [1.82, 2.24) is 10.6 Å². The maximum Gasteiger partial charge on any atom is 0.222 e. The van der Waals surface area contributed by atoms with Crippen molar-refractivity contribution in [3.8, 4) is 0 Å². The van der Waals surface area contributed by atoms with E-state index in [0.29, 0.717) is 25.0 Å². The Morgan fingerprint density at radius 3 is 3.07 bits per heavy atom. The Kier molecular flexibility index (Phi) is 5.65. The first kappa shape index (κ1) is 12.5. The molecule has 15 heavy (non-hydrogen) atoms. The molecule has 1 aliphatic rings. The van der Waals surface area contributed by atoms with Gasteiger partial charge in [0.1, 0.15) is 0 Å². The van der Waals surface area contributed by atoms with Crippen molar-refractivity contribution in [2.45, 2.75) is 32.2 Å². The van der Waals surface area contributed by atoms with Gasteiger partial charge in [0, 0.05) is 26.1 Å². The second kappa shape index (κ2) is 6.80. The number of nitrogens with one attached hydrogen (secondary N) is 2. The molecule has 0 spiro atoms. The summed E-state index contributed by atoms with van der Waals surface area (Å²) in [6.45, 7) is 4.66. The van der Waals surface area contributed by atoms with Crippen LogP contribution in [0.15, 0.2) is 0 Å². The molecule has 88 valence electrons. The van der Waals surface area contributed by atoms with Gasteiger partial charge in [-0.15, -0.1) is 0 Å². The first-order valence-corrected chi connectivity index (χ1v) is 5.77. The third kappa shape index (κ3) is 4.18. The van der Waals surface area contributed by atoms with Crippen LogP contribution in [0.4, 0.5) is 0 Å². The summed E-state index contributed by atoms with van der Waals surface area (Å²) in [5, 5.41) is 6.39. The molecule has 0 saturated carbocycles. The third-order valence-corrected chi connectivity index (χ3v) is 3.03. The maximum atomic E-state index is 11.5. The monoisotopic (exact) mass is 214 g/mol. The van der Waals surface area contributed by atoms with E-state index in [1.165, 1.54) is 0 Å². The van der Waals surface area contributed by atoms with E-state index in [1.54, 1.807) is 7.11 Å². The molecule has 2 unspecified atom stereocenters. The van der Waals surface area contributed by atoms with Gasteiger partial charge in [0.15, 0.2) is 0 Å². The Morgan fingerprint density at radius 2 is 2.40 bits per heavy atom. The molecule has 0 bridgehead atoms. The average Bonchev–Trinajstić information content (AvgIpc) is 2.27. The number of ether oxygens (including phenoxy) is 1. The second-order valence-electron chi connectivity index (χ2n) is 4.08. The van der Waals surface area contributed by atoms with Crippen molar-refractivity contribution in [2.24, 2.45) is 5.92 Å². The molecule has 2 N–H and O–H groups in total. The number of carbonyl (C=O) groups excluding carboxylic acids is 1. The Hall–Kier alpha value is -0.610. The van der Waals surface area contributed by atoms with Crippen molar-refractivity contribution in [3.63, 3.8) is 0 Å². The van der Waals surface area contributed by atoms with Crippen LogP contribution in [-0.4, -0.2) is 38.8 Å². The largest absolute Gasteiger partial charge is 0.384 e. The van der Waals surface area contributed by atoms with Crippen LogP contribution in [0.3, 0.4) is 0 Å². The van der Waals surface area contributed by atoms with E-state index in [1.807, 2.05) is 0 Å². The zero-order chi connectivity index (χ0) is 11.1. The second-order valence-corrected chi connectivity index (χ2v) is 4.08. The molecule has 1 rings (SSSR count). The van der Waals surface area contributed by atoms with Crippen LogP contribution in [0.5, 0.6) is 0 Å². The highest BCUT2D eigenvalue weighted by Gasteiger charge is 2.24. The van der Waals surface area contributed by atoms with E-state index in [4.69, 9.17) is 4.74 Å². The minimum absolute atomic E-state index is 0.101. The van der Waals surface area contributed by atoms with Gasteiger partial charge in [-0.1, -0.05) is 13.3 Å². The topological polar surface area (TPSA) is 50.4 Å². The van der Waals surface area contributed by atoms with E-state index >= 15 is 0 Å². The third-order valence-electron chi connectivity index (χ3n) is 3.03. The summed E-state index contributed by atoms with van der Waals surface area (Å²) in [5.74, 6) is 0.724. The highest BCUT2D eigenvalue weighted by atomic mass is 16.5. The van der Waals surface area contributed by atoms with Crippen LogP contribution >= 0.6 is 0 Å². The van der Waals surface area contributed by atoms with Gasteiger partial charge in [-0.05, 0) is 18.9 Å². The molecule has 1 heterocycles. The SMILES string of the molecule is CCC1CCNCC1NC(=O)CCOC. The van der Waals surface area contributed by atoms with E-state index < -0.39 is 0 Å². The fourth-order valence-electron chi connectivity index (χ4n) is 2.04. The van der Waals surface area contributed by atoms with Gasteiger partial charge >= 0.3 is 0 Å². The van der Waals surface area contributed by atoms with Crippen molar-refractivity contribution in [1.29, 1.82) is 0 Å². The van der Waals surface area contributed by atoms with Gasteiger partial charge in [-0.3, -0.25) is 4.79 Å². The molecule has 0 aliphatic carbocycles. The molecule has 4 nitrogen and oxygen atoms in total.